The summed E-state index contributed by atoms with van der Waals surface area (Å²) in [5.74, 6) is 1.67. The minimum atomic E-state index is 0.764. The molecular formula is C20H24BrCl. The molecule has 1 saturated carbocycles. The first kappa shape index (κ1) is 16.3. The molecule has 0 nitrogen and oxygen atoms in total. The molecular weight excluding hydrogens is 356 g/mol. The molecule has 1 fully saturated rings. The van der Waals surface area contributed by atoms with Gasteiger partial charge in [0.1, 0.15) is 0 Å². The molecule has 0 N–H and O–H groups in total. The van der Waals surface area contributed by atoms with Gasteiger partial charge in [-0.15, -0.1) is 0 Å². The SMILES string of the molecule is Clc1ccc(Br)cc1CC1=CCC(C2CCCCCC2)C=C1. The van der Waals surface area contributed by atoms with Gasteiger partial charge in [0.05, 0.1) is 0 Å². The summed E-state index contributed by atoms with van der Waals surface area (Å²) in [4.78, 5) is 0. The minimum absolute atomic E-state index is 0.764. The molecule has 2 heteroatoms. The van der Waals surface area contributed by atoms with Crippen LogP contribution in [0.1, 0.15) is 50.5 Å². The molecule has 0 heterocycles. The number of allylic oxidation sites excluding steroid dienone is 4. The Bertz CT molecular complexity index is 565. The van der Waals surface area contributed by atoms with Crippen molar-refractivity contribution in [3.8, 4) is 0 Å². The predicted molar refractivity (Wildman–Crippen MR) is 99.4 cm³/mol. The van der Waals surface area contributed by atoms with Gasteiger partial charge in [0.25, 0.3) is 0 Å². The Balaban J connectivity index is 1.61. The molecule has 0 aliphatic heterocycles. The van der Waals surface area contributed by atoms with E-state index in [0.29, 0.717) is 0 Å². The first-order valence-corrected chi connectivity index (χ1v) is 9.70. The first-order valence-electron chi connectivity index (χ1n) is 8.53. The number of hydrogen-bond acceptors (Lipinski definition) is 0. The van der Waals surface area contributed by atoms with Gasteiger partial charge in [0.2, 0.25) is 0 Å². The van der Waals surface area contributed by atoms with Gasteiger partial charge in [-0.25, -0.2) is 0 Å². The van der Waals surface area contributed by atoms with Crippen molar-refractivity contribution in [1.82, 2.24) is 0 Å². The molecule has 1 unspecified atom stereocenters. The number of rotatable bonds is 3. The monoisotopic (exact) mass is 378 g/mol. The Hall–Kier alpha value is -0.530. The lowest BCUT2D eigenvalue weighted by atomic mass is 9.80. The number of hydrogen-bond donors (Lipinski definition) is 0. The maximum Gasteiger partial charge on any atom is 0.0442 e. The highest BCUT2D eigenvalue weighted by atomic mass is 79.9. The predicted octanol–water partition coefficient (Wildman–Crippen LogP) is 7.12. The maximum atomic E-state index is 6.31. The third-order valence-corrected chi connectivity index (χ3v) is 5.98. The third-order valence-electron chi connectivity index (χ3n) is 5.12. The molecule has 3 rings (SSSR count). The standard InChI is InChI=1S/C20H24BrCl/c21-19-11-12-20(22)18(14-19)13-15-7-9-17(10-8-15)16-5-3-1-2-4-6-16/h7-9,11-12,14,16-17H,1-6,10,13H2. The summed E-state index contributed by atoms with van der Waals surface area (Å²) < 4.78 is 1.10. The normalized spacial score (nSPS) is 23.2. The summed E-state index contributed by atoms with van der Waals surface area (Å²) in [5.41, 5.74) is 2.62. The van der Waals surface area contributed by atoms with Crippen LogP contribution in [-0.2, 0) is 6.42 Å². The lowest BCUT2D eigenvalue weighted by Crippen LogP contribution is -2.13. The third kappa shape index (κ3) is 4.26. The van der Waals surface area contributed by atoms with Gasteiger partial charge in [0, 0.05) is 9.50 Å². The smallest absolute Gasteiger partial charge is 0.0442 e. The van der Waals surface area contributed by atoms with Crippen LogP contribution in [0.2, 0.25) is 5.02 Å². The van der Waals surface area contributed by atoms with E-state index in [4.69, 9.17) is 11.6 Å². The average molecular weight is 380 g/mol. The van der Waals surface area contributed by atoms with Crippen LogP contribution in [0.5, 0.6) is 0 Å². The van der Waals surface area contributed by atoms with Gasteiger partial charge >= 0.3 is 0 Å². The summed E-state index contributed by atoms with van der Waals surface area (Å²) in [6, 6.07) is 6.11. The summed E-state index contributed by atoms with van der Waals surface area (Å²) >= 11 is 9.85. The Morgan fingerprint density at radius 2 is 1.86 bits per heavy atom. The van der Waals surface area contributed by atoms with Gasteiger partial charge < -0.3 is 0 Å². The van der Waals surface area contributed by atoms with Crippen LogP contribution in [0.15, 0.2) is 46.5 Å². The van der Waals surface area contributed by atoms with Crippen LogP contribution in [0.4, 0.5) is 0 Å². The van der Waals surface area contributed by atoms with E-state index in [-0.39, 0.29) is 0 Å². The van der Waals surface area contributed by atoms with Crippen LogP contribution in [0, 0.1) is 11.8 Å². The lowest BCUT2D eigenvalue weighted by Gasteiger charge is -2.25. The van der Waals surface area contributed by atoms with Crippen molar-refractivity contribution >= 4 is 27.5 Å². The molecule has 22 heavy (non-hydrogen) atoms. The number of benzene rings is 1. The molecule has 0 aromatic heterocycles. The molecule has 1 aromatic carbocycles. The molecule has 0 spiro atoms. The first-order chi connectivity index (χ1) is 10.7. The molecule has 2 aliphatic carbocycles. The van der Waals surface area contributed by atoms with E-state index in [1.807, 2.05) is 12.1 Å². The average Bonchev–Trinajstić information content (AvgIpc) is 2.81. The van der Waals surface area contributed by atoms with Crippen LogP contribution in [-0.4, -0.2) is 0 Å². The van der Waals surface area contributed by atoms with Gasteiger partial charge in [-0.3, -0.25) is 0 Å². The Labute approximate surface area is 147 Å². The summed E-state index contributed by atoms with van der Waals surface area (Å²) in [7, 11) is 0. The Morgan fingerprint density at radius 1 is 1.09 bits per heavy atom. The second-order valence-corrected chi connectivity index (χ2v) is 8.02. The van der Waals surface area contributed by atoms with E-state index in [9.17, 15) is 0 Å². The minimum Gasteiger partial charge on any atom is -0.0840 e. The second kappa shape index (κ2) is 7.84. The molecule has 1 atom stereocenters. The highest BCUT2D eigenvalue weighted by Crippen LogP contribution is 2.35. The summed E-state index contributed by atoms with van der Waals surface area (Å²) in [6.07, 6.45) is 18.0. The molecule has 0 saturated heterocycles. The van der Waals surface area contributed by atoms with Crippen LogP contribution >= 0.6 is 27.5 Å². The van der Waals surface area contributed by atoms with Crippen molar-refractivity contribution in [2.75, 3.05) is 0 Å². The highest BCUT2D eigenvalue weighted by Gasteiger charge is 2.21. The van der Waals surface area contributed by atoms with E-state index in [1.54, 1.807) is 0 Å². The van der Waals surface area contributed by atoms with Crippen molar-refractivity contribution in [2.45, 2.75) is 51.4 Å². The molecule has 0 radical (unpaired) electrons. The summed E-state index contributed by atoms with van der Waals surface area (Å²) in [5, 5.41) is 0.864. The van der Waals surface area contributed by atoms with E-state index in [2.05, 4.69) is 40.2 Å². The quantitative estimate of drug-likeness (QED) is 0.490. The zero-order valence-corrected chi connectivity index (χ0v) is 15.4. The largest absolute Gasteiger partial charge is 0.0840 e. The van der Waals surface area contributed by atoms with Crippen LogP contribution in [0.3, 0.4) is 0 Å². The lowest BCUT2D eigenvalue weighted by molar-refractivity contribution is 0.350. The fourth-order valence-corrected chi connectivity index (χ4v) is 4.39. The fraction of sp³-hybridized carbons (Fsp3) is 0.500. The van der Waals surface area contributed by atoms with Crippen LogP contribution < -0.4 is 0 Å². The van der Waals surface area contributed by atoms with E-state index >= 15 is 0 Å². The Kier molecular flexibility index (Phi) is 5.82. The zero-order chi connectivity index (χ0) is 15.4. The van der Waals surface area contributed by atoms with Gasteiger partial charge in [-0.05, 0) is 66.9 Å². The van der Waals surface area contributed by atoms with E-state index < -0.39 is 0 Å². The molecule has 0 bridgehead atoms. The van der Waals surface area contributed by atoms with Crippen molar-refractivity contribution in [2.24, 2.45) is 11.8 Å². The van der Waals surface area contributed by atoms with Gasteiger partial charge in [-0.2, -0.15) is 0 Å². The molecule has 118 valence electrons. The van der Waals surface area contributed by atoms with E-state index in [0.717, 1.165) is 27.8 Å². The molecule has 1 aromatic rings. The fourth-order valence-electron chi connectivity index (χ4n) is 3.80. The topological polar surface area (TPSA) is 0 Å². The van der Waals surface area contributed by atoms with Crippen molar-refractivity contribution in [3.63, 3.8) is 0 Å². The van der Waals surface area contributed by atoms with Crippen molar-refractivity contribution in [1.29, 1.82) is 0 Å². The van der Waals surface area contributed by atoms with Gasteiger partial charge in [-0.1, -0.05) is 71.4 Å². The molecule has 0 amide bonds. The maximum absolute atomic E-state index is 6.31. The molecule has 2 aliphatic rings. The van der Waals surface area contributed by atoms with Gasteiger partial charge in [0.15, 0.2) is 0 Å². The number of halogens is 2. The van der Waals surface area contributed by atoms with E-state index in [1.165, 1.54) is 56.1 Å². The second-order valence-electron chi connectivity index (χ2n) is 6.70. The van der Waals surface area contributed by atoms with Crippen molar-refractivity contribution in [3.05, 3.63) is 57.1 Å². The van der Waals surface area contributed by atoms with Crippen molar-refractivity contribution < 1.29 is 0 Å². The summed E-state index contributed by atoms with van der Waals surface area (Å²) in [6.45, 7) is 0. The highest BCUT2D eigenvalue weighted by molar-refractivity contribution is 9.10. The zero-order valence-electron chi connectivity index (χ0n) is 13.0. The van der Waals surface area contributed by atoms with Crippen LogP contribution in [0.25, 0.3) is 0 Å². The Morgan fingerprint density at radius 3 is 2.55 bits per heavy atom.